The fourth-order valence-electron chi connectivity index (χ4n) is 2.26. The van der Waals surface area contributed by atoms with Crippen LogP contribution in [-0.4, -0.2) is 25.9 Å². The first-order valence-corrected chi connectivity index (χ1v) is 7.85. The van der Waals surface area contributed by atoms with Gasteiger partial charge in [-0.25, -0.2) is 0 Å². The summed E-state index contributed by atoms with van der Waals surface area (Å²) in [6, 6.07) is 14.0. The van der Waals surface area contributed by atoms with Crippen molar-refractivity contribution in [3.05, 3.63) is 53.6 Å². The molecule has 0 aliphatic heterocycles. The van der Waals surface area contributed by atoms with E-state index < -0.39 is 0 Å². The van der Waals surface area contributed by atoms with Crippen LogP contribution in [0.5, 0.6) is 11.5 Å². The molecule has 0 aliphatic rings. The molecule has 2 rings (SSSR count). The summed E-state index contributed by atoms with van der Waals surface area (Å²) in [5.41, 5.74) is 3.37. The Labute approximate surface area is 142 Å². The van der Waals surface area contributed by atoms with Crippen LogP contribution in [0.2, 0.25) is 0 Å². The summed E-state index contributed by atoms with van der Waals surface area (Å²) in [7, 11) is 3.24. The Morgan fingerprint density at radius 2 is 1.91 bits per heavy atom. The van der Waals surface area contributed by atoms with Gasteiger partial charge < -0.3 is 20.1 Å². The average molecular weight is 330 g/mol. The number of hydrogen-bond donors (Lipinski definition) is 2. The lowest BCUT2D eigenvalue weighted by Gasteiger charge is -2.14. The van der Waals surface area contributed by atoms with E-state index in [1.807, 2.05) is 18.2 Å². The molecule has 0 atom stereocenters. The van der Waals surface area contributed by atoms with Crippen molar-refractivity contribution >= 4 is 23.0 Å². The minimum Gasteiger partial charge on any atom is -0.497 e. The molecule has 2 aromatic rings. The number of benzene rings is 2. The fraction of sp³-hybridized carbons (Fsp3) is 0.278. The van der Waals surface area contributed by atoms with E-state index >= 15 is 0 Å². The van der Waals surface area contributed by atoms with Crippen LogP contribution in [0.25, 0.3) is 0 Å². The lowest BCUT2D eigenvalue weighted by molar-refractivity contribution is 0.395. The Bertz CT molecular complexity index is 674. The molecule has 4 nitrogen and oxygen atoms in total. The van der Waals surface area contributed by atoms with E-state index in [1.165, 1.54) is 11.1 Å². The van der Waals surface area contributed by atoms with Gasteiger partial charge in [0.1, 0.15) is 11.5 Å². The molecule has 0 bridgehead atoms. The Hall–Kier alpha value is -2.27. The molecule has 0 amide bonds. The molecule has 122 valence electrons. The third-order valence-electron chi connectivity index (χ3n) is 3.44. The number of ether oxygens (including phenoxy) is 2. The van der Waals surface area contributed by atoms with Crippen LogP contribution in [-0.2, 0) is 6.42 Å². The maximum Gasteiger partial charge on any atom is 0.170 e. The third-order valence-corrected chi connectivity index (χ3v) is 3.69. The van der Waals surface area contributed by atoms with Crippen LogP contribution in [0.4, 0.5) is 5.69 Å². The highest BCUT2D eigenvalue weighted by Gasteiger charge is 2.06. The Morgan fingerprint density at radius 1 is 1.09 bits per heavy atom. The second-order valence-electron chi connectivity index (χ2n) is 5.19. The monoisotopic (exact) mass is 330 g/mol. The minimum atomic E-state index is 0.570. The number of aryl methyl sites for hydroxylation is 1. The summed E-state index contributed by atoms with van der Waals surface area (Å²) in [5, 5.41) is 6.93. The molecule has 0 spiro atoms. The minimum absolute atomic E-state index is 0.570. The van der Waals surface area contributed by atoms with Gasteiger partial charge in [0, 0.05) is 12.6 Å². The Kier molecular flexibility index (Phi) is 6.23. The molecule has 0 radical (unpaired) electrons. The predicted octanol–water partition coefficient (Wildman–Crippen LogP) is 3.54. The topological polar surface area (TPSA) is 42.5 Å². The van der Waals surface area contributed by atoms with Crippen LogP contribution >= 0.6 is 12.2 Å². The lowest BCUT2D eigenvalue weighted by Crippen LogP contribution is -2.30. The van der Waals surface area contributed by atoms with Gasteiger partial charge in [0.05, 0.1) is 19.9 Å². The van der Waals surface area contributed by atoms with Crippen molar-refractivity contribution in [1.82, 2.24) is 5.32 Å². The van der Waals surface area contributed by atoms with Crippen LogP contribution < -0.4 is 20.1 Å². The standard InChI is InChI=1S/C18H22N2O2S/c1-13-5-4-6-14(11-13)9-10-19-18(23)20-16-8-7-15(21-2)12-17(16)22-3/h4-8,11-12H,9-10H2,1-3H3,(H2,19,20,23). The second kappa shape index (κ2) is 8.39. The molecule has 2 aromatic carbocycles. The van der Waals surface area contributed by atoms with E-state index in [-0.39, 0.29) is 0 Å². The van der Waals surface area contributed by atoms with Crippen LogP contribution in [0.3, 0.4) is 0 Å². The lowest BCUT2D eigenvalue weighted by atomic mass is 10.1. The maximum absolute atomic E-state index is 5.35. The highest BCUT2D eigenvalue weighted by molar-refractivity contribution is 7.80. The van der Waals surface area contributed by atoms with Gasteiger partial charge in [-0.05, 0) is 43.3 Å². The number of nitrogens with one attached hydrogen (secondary N) is 2. The highest BCUT2D eigenvalue weighted by atomic mass is 32.1. The van der Waals surface area contributed by atoms with E-state index in [0.29, 0.717) is 10.9 Å². The number of thiocarbonyl (C=S) groups is 1. The smallest absolute Gasteiger partial charge is 0.170 e. The van der Waals surface area contributed by atoms with Crippen molar-refractivity contribution in [2.75, 3.05) is 26.1 Å². The SMILES string of the molecule is COc1ccc(NC(=S)NCCc2cccc(C)c2)c(OC)c1. The van der Waals surface area contributed by atoms with E-state index in [1.54, 1.807) is 14.2 Å². The van der Waals surface area contributed by atoms with E-state index in [4.69, 9.17) is 21.7 Å². The molecule has 2 N–H and O–H groups in total. The zero-order chi connectivity index (χ0) is 16.7. The van der Waals surface area contributed by atoms with Gasteiger partial charge in [0.15, 0.2) is 5.11 Å². The summed E-state index contributed by atoms with van der Waals surface area (Å²) >= 11 is 5.34. The molecule has 5 heteroatoms. The fourth-order valence-corrected chi connectivity index (χ4v) is 2.47. The molecular weight excluding hydrogens is 308 g/mol. The normalized spacial score (nSPS) is 10.0. The van der Waals surface area contributed by atoms with Gasteiger partial charge in [-0.1, -0.05) is 29.8 Å². The predicted molar refractivity (Wildman–Crippen MR) is 98.7 cm³/mol. The van der Waals surface area contributed by atoms with Gasteiger partial charge in [-0.2, -0.15) is 0 Å². The number of anilines is 1. The van der Waals surface area contributed by atoms with E-state index in [0.717, 1.165) is 24.4 Å². The molecule has 0 heterocycles. The Balaban J connectivity index is 1.87. The molecule has 0 aliphatic carbocycles. The molecule has 0 fully saturated rings. The summed E-state index contributed by atoms with van der Waals surface area (Å²) in [5.74, 6) is 1.43. The molecule has 0 unspecified atom stereocenters. The van der Waals surface area contributed by atoms with Crippen LogP contribution in [0.1, 0.15) is 11.1 Å². The number of rotatable bonds is 6. The summed E-state index contributed by atoms with van der Waals surface area (Å²) in [4.78, 5) is 0. The van der Waals surface area contributed by atoms with Gasteiger partial charge in [0.2, 0.25) is 0 Å². The van der Waals surface area contributed by atoms with Crippen molar-refractivity contribution in [3.8, 4) is 11.5 Å². The van der Waals surface area contributed by atoms with Crippen LogP contribution in [0.15, 0.2) is 42.5 Å². The number of hydrogen-bond acceptors (Lipinski definition) is 3. The van der Waals surface area contributed by atoms with E-state index in [9.17, 15) is 0 Å². The average Bonchev–Trinajstić information content (AvgIpc) is 2.55. The first-order valence-electron chi connectivity index (χ1n) is 7.45. The maximum atomic E-state index is 5.35. The third kappa shape index (κ3) is 5.14. The second-order valence-corrected chi connectivity index (χ2v) is 5.59. The van der Waals surface area contributed by atoms with Crippen LogP contribution in [0, 0.1) is 6.92 Å². The van der Waals surface area contributed by atoms with Gasteiger partial charge in [-0.3, -0.25) is 0 Å². The summed E-state index contributed by atoms with van der Waals surface area (Å²) in [6.07, 6.45) is 0.920. The van der Waals surface area contributed by atoms with Crippen molar-refractivity contribution in [1.29, 1.82) is 0 Å². The molecule has 0 aromatic heterocycles. The first-order chi connectivity index (χ1) is 11.1. The highest BCUT2D eigenvalue weighted by Crippen LogP contribution is 2.28. The van der Waals surface area contributed by atoms with Gasteiger partial charge in [0.25, 0.3) is 0 Å². The van der Waals surface area contributed by atoms with E-state index in [2.05, 4.69) is 41.8 Å². The largest absolute Gasteiger partial charge is 0.497 e. The van der Waals surface area contributed by atoms with Crippen molar-refractivity contribution in [2.45, 2.75) is 13.3 Å². The summed E-state index contributed by atoms with van der Waals surface area (Å²) < 4.78 is 10.5. The quantitative estimate of drug-likeness (QED) is 0.793. The zero-order valence-electron chi connectivity index (χ0n) is 13.7. The van der Waals surface area contributed by atoms with Crippen molar-refractivity contribution in [3.63, 3.8) is 0 Å². The van der Waals surface area contributed by atoms with Gasteiger partial charge >= 0.3 is 0 Å². The van der Waals surface area contributed by atoms with Crippen molar-refractivity contribution in [2.24, 2.45) is 0 Å². The summed E-state index contributed by atoms with van der Waals surface area (Å²) in [6.45, 7) is 2.87. The first kappa shape index (κ1) is 17.1. The molecule has 0 saturated carbocycles. The zero-order valence-corrected chi connectivity index (χ0v) is 14.5. The number of methoxy groups -OCH3 is 2. The molecule has 0 saturated heterocycles. The molecular formula is C18H22N2O2S. The molecule has 23 heavy (non-hydrogen) atoms. The Morgan fingerprint density at radius 3 is 2.61 bits per heavy atom. The van der Waals surface area contributed by atoms with Gasteiger partial charge in [-0.15, -0.1) is 0 Å². The van der Waals surface area contributed by atoms with Crippen molar-refractivity contribution < 1.29 is 9.47 Å².